The molecule has 0 saturated heterocycles. The Kier molecular flexibility index (Phi) is 6.77. The highest BCUT2D eigenvalue weighted by Gasteiger charge is 2.28. The summed E-state index contributed by atoms with van der Waals surface area (Å²) in [5, 5.41) is 0. The molecule has 0 radical (unpaired) electrons. The summed E-state index contributed by atoms with van der Waals surface area (Å²) in [5.74, 6) is 1.53. The molecule has 0 amide bonds. The summed E-state index contributed by atoms with van der Waals surface area (Å²) in [5.41, 5.74) is 12.9. The highest BCUT2D eigenvalue weighted by atomic mass is 14.3. The molecular formula is C36H38. The van der Waals surface area contributed by atoms with Crippen LogP contribution in [0.4, 0.5) is 0 Å². The Labute approximate surface area is 217 Å². The molecule has 182 valence electrons. The first-order chi connectivity index (χ1) is 17.7. The van der Waals surface area contributed by atoms with Crippen LogP contribution in [0.5, 0.6) is 0 Å². The van der Waals surface area contributed by atoms with E-state index in [1.165, 1.54) is 79.2 Å². The predicted octanol–water partition coefficient (Wildman–Crippen LogP) is 9.55. The molecule has 3 aliphatic carbocycles. The van der Waals surface area contributed by atoms with Crippen molar-refractivity contribution in [2.24, 2.45) is 11.8 Å². The van der Waals surface area contributed by atoms with E-state index in [1.807, 2.05) is 0 Å². The fraction of sp³-hybridized carbons (Fsp3) is 0.333. The minimum absolute atomic E-state index is 0.621. The molecule has 3 aliphatic rings. The third kappa shape index (κ3) is 4.92. The Morgan fingerprint density at radius 2 is 1.56 bits per heavy atom. The van der Waals surface area contributed by atoms with Gasteiger partial charge in [0.25, 0.3) is 0 Å². The van der Waals surface area contributed by atoms with E-state index in [9.17, 15) is 0 Å². The van der Waals surface area contributed by atoms with Crippen molar-refractivity contribution in [2.45, 2.75) is 64.2 Å². The zero-order valence-electron chi connectivity index (χ0n) is 21.5. The monoisotopic (exact) mass is 470 g/mol. The number of rotatable bonds is 7. The molecule has 0 bridgehead atoms. The van der Waals surface area contributed by atoms with Gasteiger partial charge in [-0.25, -0.2) is 0 Å². The Bertz CT molecular complexity index is 1300. The van der Waals surface area contributed by atoms with Crippen molar-refractivity contribution in [1.82, 2.24) is 0 Å². The molecule has 0 nitrogen and oxygen atoms in total. The summed E-state index contributed by atoms with van der Waals surface area (Å²) in [6.45, 7) is 4.57. The van der Waals surface area contributed by atoms with E-state index in [2.05, 4.69) is 91.5 Å². The highest BCUT2D eigenvalue weighted by molar-refractivity contribution is 5.81. The van der Waals surface area contributed by atoms with Crippen LogP contribution < -0.4 is 0 Å². The van der Waals surface area contributed by atoms with Crippen molar-refractivity contribution < 1.29 is 0 Å². The Morgan fingerprint density at radius 3 is 2.42 bits per heavy atom. The maximum Gasteiger partial charge on any atom is -0.00258 e. The van der Waals surface area contributed by atoms with Crippen LogP contribution in [0.3, 0.4) is 0 Å². The van der Waals surface area contributed by atoms with Gasteiger partial charge in [-0.2, -0.15) is 0 Å². The minimum atomic E-state index is 0.621. The summed E-state index contributed by atoms with van der Waals surface area (Å²) in [7, 11) is 0. The number of benzene rings is 3. The van der Waals surface area contributed by atoms with E-state index in [0.717, 1.165) is 18.8 Å². The highest BCUT2D eigenvalue weighted by Crippen LogP contribution is 2.41. The van der Waals surface area contributed by atoms with E-state index in [0.29, 0.717) is 5.92 Å². The summed E-state index contributed by atoms with van der Waals surface area (Å²) in [6, 6.07) is 26.9. The van der Waals surface area contributed by atoms with Gasteiger partial charge in [0.1, 0.15) is 0 Å². The first kappa shape index (κ1) is 23.3. The smallest absolute Gasteiger partial charge is 0.00258 e. The lowest BCUT2D eigenvalue weighted by atomic mass is 9.84. The van der Waals surface area contributed by atoms with E-state index in [1.54, 1.807) is 22.3 Å². The Hall–Kier alpha value is -3.12. The van der Waals surface area contributed by atoms with Crippen LogP contribution in [-0.4, -0.2) is 0 Å². The molecule has 36 heavy (non-hydrogen) atoms. The van der Waals surface area contributed by atoms with Crippen LogP contribution in [0.25, 0.3) is 16.7 Å². The van der Waals surface area contributed by atoms with Gasteiger partial charge in [-0.05, 0) is 94.0 Å². The molecule has 0 aromatic heterocycles. The van der Waals surface area contributed by atoms with Crippen LogP contribution in [0.1, 0.15) is 67.2 Å². The fourth-order valence-electron chi connectivity index (χ4n) is 6.91. The molecule has 1 atom stereocenters. The molecular weight excluding hydrogens is 432 g/mol. The van der Waals surface area contributed by atoms with Crippen LogP contribution in [0, 0.1) is 11.8 Å². The zero-order chi connectivity index (χ0) is 24.3. The third-order valence-corrected chi connectivity index (χ3v) is 8.76. The van der Waals surface area contributed by atoms with E-state index < -0.39 is 0 Å². The first-order valence-electron chi connectivity index (χ1n) is 14.1. The minimum Gasteiger partial charge on any atom is -0.0949 e. The SMILES string of the molecule is C=C(CC1=CCC=C1C1Cc2ccc(CC3CCCCC3)cc2C1)c1ccccc1-c1ccccc1. The maximum absolute atomic E-state index is 4.57. The molecule has 3 aromatic rings. The Balaban J connectivity index is 1.15. The van der Waals surface area contributed by atoms with Crippen LogP contribution in [-0.2, 0) is 19.3 Å². The molecule has 1 saturated carbocycles. The molecule has 1 unspecified atom stereocenters. The van der Waals surface area contributed by atoms with Gasteiger partial charge in [-0.3, -0.25) is 0 Å². The van der Waals surface area contributed by atoms with Crippen molar-refractivity contribution in [3.63, 3.8) is 0 Å². The average molecular weight is 471 g/mol. The van der Waals surface area contributed by atoms with Crippen molar-refractivity contribution in [2.75, 3.05) is 0 Å². The number of hydrogen-bond donors (Lipinski definition) is 0. The lowest BCUT2D eigenvalue weighted by molar-refractivity contribution is 0.356. The molecule has 6 rings (SSSR count). The van der Waals surface area contributed by atoms with Gasteiger partial charge in [-0.15, -0.1) is 0 Å². The Morgan fingerprint density at radius 1 is 0.778 bits per heavy atom. The second-order valence-electron chi connectivity index (χ2n) is 11.2. The average Bonchev–Trinajstić information content (AvgIpc) is 3.56. The largest absolute Gasteiger partial charge is 0.0949 e. The van der Waals surface area contributed by atoms with Gasteiger partial charge in [0.15, 0.2) is 0 Å². The molecule has 0 spiro atoms. The summed E-state index contributed by atoms with van der Waals surface area (Å²) in [6.07, 6.45) is 17.8. The number of fused-ring (bicyclic) bond motifs is 1. The van der Waals surface area contributed by atoms with E-state index in [-0.39, 0.29) is 0 Å². The molecule has 0 heterocycles. The van der Waals surface area contributed by atoms with Crippen LogP contribution in [0.15, 0.2) is 103 Å². The van der Waals surface area contributed by atoms with Gasteiger partial charge < -0.3 is 0 Å². The quantitative estimate of drug-likeness (QED) is 0.322. The van der Waals surface area contributed by atoms with Crippen molar-refractivity contribution in [3.05, 3.63) is 125 Å². The summed E-state index contributed by atoms with van der Waals surface area (Å²) < 4.78 is 0. The standard InChI is InChI=1S/C36H38/c1-26(34-16-8-9-17-36(34)29-13-6-3-7-14-29)21-31-15-10-18-35(31)33-24-30-20-19-28(23-32(30)25-33)22-27-11-4-2-5-12-27/h3,6-9,13-20,23,27,33H,1-2,4-5,10-12,21-22,24-25H2. The third-order valence-electron chi connectivity index (χ3n) is 8.76. The van der Waals surface area contributed by atoms with Crippen molar-refractivity contribution in [1.29, 1.82) is 0 Å². The first-order valence-corrected chi connectivity index (χ1v) is 14.1. The molecule has 1 fully saturated rings. The van der Waals surface area contributed by atoms with Gasteiger partial charge in [0.05, 0.1) is 0 Å². The van der Waals surface area contributed by atoms with Gasteiger partial charge in [0.2, 0.25) is 0 Å². The lowest BCUT2D eigenvalue weighted by Crippen LogP contribution is -2.09. The van der Waals surface area contributed by atoms with Crippen LogP contribution in [0.2, 0.25) is 0 Å². The number of hydrogen-bond acceptors (Lipinski definition) is 0. The maximum atomic E-state index is 4.57. The van der Waals surface area contributed by atoms with Crippen molar-refractivity contribution >= 4 is 5.57 Å². The summed E-state index contributed by atoms with van der Waals surface area (Å²) in [4.78, 5) is 0. The topological polar surface area (TPSA) is 0 Å². The second kappa shape index (κ2) is 10.5. The molecule has 0 heteroatoms. The molecule has 0 N–H and O–H groups in total. The lowest BCUT2D eigenvalue weighted by Gasteiger charge is -2.21. The second-order valence-corrected chi connectivity index (χ2v) is 11.2. The number of allylic oxidation sites excluding steroid dienone is 5. The summed E-state index contributed by atoms with van der Waals surface area (Å²) >= 11 is 0. The fourth-order valence-corrected chi connectivity index (χ4v) is 6.91. The zero-order valence-corrected chi connectivity index (χ0v) is 21.5. The van der Waals surface area contributed by atoms with Gasteiger partial charge >= 0.3 is 0 Å². The van der Waals surface area contributed by atoms with Crippen LogP contribution >= 0.6 is 0 Å². The van der Waals surface area contributed by atoms with E-state index >= 15 is 0 Å². The normalized spacial score (nSPS) is 19.6. The van der Waals surface area contributed by atoms with Crippen molar-refractivity contribution in [3.8, 4) is 11.1 Å². The van der Waals surface area contributed by atoms with E-state index in [4.69, 9.17) is 0 Å². The molecule has 3 aromatic carbocycles. The molecule has 0 aliphatic heterocycles. The van der Waals surface area contributed by atoms with Gasteiger partial charge in [0, 0.05) is 0 Å². The predicted molar refractivity (Wildman–Crippen MR) is 154 cm³/mol. The van der Waals surface area contributed by atoms with Gasteiger partial charge in [-0.1, -0.05) is 124 Å².